The van der Waals surface area contributed by atoms with E-state index in [9.17, 15) is 14.4 Å². The maximum atomic E-state index is 13.7. The van der Waals surface area contributed by atoms with Crippen molar-refractivity contribution < 1.29 is 14.4 Å². The Hall–Kier alpha value is -2.97. The number of nitrogens with one attached hydrogen (secondary N) is 1. The third-order valence-corrected chi connectivity index (χ3v) is 8.40. The number of anilines is 2. The minimum absolute atomic E-state index is 0.151. The molecule has 1 saturated heterocycles. The molecular weight excluding hydrogens is 502 g/mol. The lowest BCUT2D eigenvalue weighted by Gasteiger charge is -2.21. The van der Waals surface area contributed by atoms with E-state index in [1.165, 1.54) is 16.7 Å². The number of hydrogen-bond donors (Lipinski definition) is 1. The summed E-state index contributed by atoms with van der Waals surface area (Å²) in [6.07, 6.45) is 4.23. The molecule has 1 fully saturated rings. The molecule has 2 aromatic rings. The first-order valence-corrected chi connectivity index (χ1v) is 14.0. The van der Waals surface area contributed by atoms with Gasteiger partial charge in [-0.05, 0) is 49.4 Å². The van der Waals surface area contributed by atoms with Crippen molar-refractivity contribution in [3.05, 3.63) is 64.1 Å². The van der Waals surface area contributed by atoms with Gasteiger partial charge < -0.3 is 5.32 Å². The van der Waals surface area contributed by atoms with E-state index < -0.39 is 0 Å². The largest absolute Gasteiger partial charge is 0.324 e. The predicted molar refractivity (Wildman–Crippen MR) is 155 cm³/mol. The number of carbonyl (C=O) groups excluding carboxylic acids is 3. The van der Waals surface area contributed by atoms with E-state index in [2.05, 4.69) is 19.2 Å². The maximum Gasteiger partial charge on any atom is 0.267 e. The van der Waals surface area contributed by atoms with Crippen LogP contribution in [0.15, 0.2) is 47.4 Å². The fourth-order valence-corrected chi connectivity index (χ4v) is 6.09. The fourth-order valence-electron chi connectivity index (χ4n) is 4.74. The van der Waals surface area contributed by atoms with Crippen LogP contribution >= 0.6 is 24.0 Å². The standard InChI is InChI=1S/C29H33N3O3S2/c1-5-7-10-20(6-2)16-32-28(35)26(37-29(32)36)25-21-11-8-9-12-23(21)31(27(25)34)17-24(33)30-22-15-18(3)13-14-19(22)4/h8-9,11-15,20H,5-7,10,16-17H2,1-4H3,(H,30,33)/b26-25-. The van der Waals surface area contributed by atoms with E-state index >= 15 is 0 Å². The van der Waals surface area contributed by atoms with Gasteiger partial charge in [-0.15, -0.1) is 0 Å². The van der Waals surface area contributed by atoms with E-state index in [0.717, 1.165) is 42.5 Å². The molecule has 2 heterocycles. The average Bonchev–Trinajstić information content (AvgIpc) is 3.30. The van der Waals surface area contributed by atoms with Crippen molar-refractivity contribution in [2.75, 3.05) is 23.3 Å². The molecule has 0 saturated carbocycles. The summed E-state index contributed by atoms with van der Waals surface area (Å²) < 4.78 is 0.485. The van der Waals surface area contributed by atoms with Crippen LogP contribution in [-0.4, -0.2) is 40.0 Å². The highest BCUT2D eigenvalue weighted by molar-refractivity contribution is 8.26. The molecule has 4 rings (SSSR count). The van der Waals surface area contributed by atoms with Crippen LogP contribution in [0.1, 0.15) is 56.2 Å². The molecule has 2 aliphatic rings. The van der Waals surface area contributed by atoms with Crippen LogP contribution in [0.4, 0.5) is 11.4 Å². The molecule has 2 aromatic carbocycles. The molecule has 0 bridgehead atoms. The Morgan fingerprint density at radius 3 is 2.54 bits per heavy atom. The first-order valence-electron chi connectivity index (χ1n) is 12.8. The lowest BCUT2D eigenvalue weighted by Crippen LogP contribution is -2.36. The zero-order valence-corrected chi connectivity index (χ0v) is 23.4. The molecule has 1 unspecified atom stereocenters. The third-order valence-electron chi connectivity index (χ3n) is 6.95. The number of thiocarbonyl (C=S) groups is 1. The van der Waals surface area contributed by atoms with E-state index in [1.807, 2.05) is 56.3 Å². The lowest BCUT2D eigenvalue weighted by atomic mass is 9.98. The summed E-state index contributed by atoms with van der Waals surface area (Å²) in [6, 6.07) is 13.2. The second-order valence-corrected chi connectivity index (χ2v) is 11.3. The van der Waals surface area contributed by atoms with Gasteiger partial charge >= 0.3 is 0 Å². The minimum atomic E-state index is -0.351. The smallest absolute Gasteiger partial charge is 0.267 e. The summed E-state index contributed by atoms with van der Waals surface area (Å²) in [5.74, 6) is -0.503. The number of nitrogens with zero attached hydrogens (tertiary/aromatic N) is 2. The van der Waals surface area contributed by atoms with Gasteiger partial charge in [0.05, 0.1) is 16.2 Å². The minimum Gasteiger partial charge on any atom is -0.324 e. The topological polar surface area (TPSA) is 69.7 Å². The number of unbranched alkanes of at least 4 members (excludes halogenated alkanes) is 1. The summed E-state index contributed by atoms with van der Waals surface area (Å²) in [5.41, 5.74) is 4.31. The quantitative estimate of drug-likeness (QED) is 0.311. The van der Waals surface area contributed by atoms with Crippen LogP contribution in [-0.2, 0) is 14.4 Å². The second kappa shape index (κ2) is 11.6. The summed E-state index contributed by atoms with van der Waals surface area (Å²) >= 11 is 6.78. The van der Waals surface area contributed by atoms with Gasteiger partial charge in [0, 0.05) is 17.8 Å². The van der Waals surface area contributed by atoms with Gasteiger partial charge in [-0.1, -0.05) is 87.4 Å². The van der Waals surface area contributed by atoms with Gasteiger partial charge in [0.15, 0.2) is 0 Å². The van der Waals surface area contributed by atoms with E-state index in [-0.39, 0.29) is 24.3 Å². The summed E-state index contributed by atoms with van der Waals surface area (Å²) in [5, 5.41) is 2.93. The van der Waals surface area contributed by atoms with Crippen molar-refractivity contribution in [3.8, 4) is 0 Å². The molecule has 6 nitrogen and oxygen atoms in total. The van der Waals surface area contributed by atoms with Gasteiger partial charge in [-0.3, -0.25) is 24.2 Å². The normalized spacial score (nSPS) is 18.0. The molecule has 1 atom stereocenters. The van der Waals surface area contributed by atoms with Crippen molar-refractivity contribution in [1.82, 2.24) is 4.90 Å². The van der Waals surface area contributed by atoms with Gasteiger partial charge in [-0.25, -0.2) is 0 Å². The summed E-state index contributed by atoms with van der Waals surface area (Å²) in [4.78, 5) is 43.7. The molecule has 2 aliphatic heterocycles. The molecular formula is C29H33N3O3S2. The number of para-hydroxylation sites is 1. The number of amides is 3. The Morgan fingerprint density at radius 2 is 1.81 bits per heavy atom. The van der Waals surface area contributed by atoms with Gasteiger partial charge in [-0.2, -0.15) is 0 Å². The van der Waals surface area contributed by atoms with Crippen molar-refractivity contribution in [1.29, 1.82) is 0 Å². The molecule has 0 aliphatic carbocycles. The molecule has 0 radical (unpaired) electrons. The van der Waals surface area contributed by atoms with Crippen LogP contribution in [0.2, 0.25) is 0 Å². The molecule has 0 aromatic heterocycles. The first kappa shape index (κ1) is 27.1. The number of fused-ring (bicyclic) bond motifs is 1. The zero-order chi connectivity index (χ0) is 26.7. The van der Waals surface area contributed by atoms with Crippen LogP contribution in [0, 0.1) is 19.8 Å². The summed E-state index contributed by atoms with van der Waals surface area (Å²) in [6.45, 7) is 8.60. The van der Waals surface area contributed by atoms with E-state index in [4.69, 9.17) is 12.2 Å². The number of thioether (sulfide) groups is 1. The Bertz CT molecular complexity index is 1290. The molecule has 194 valence electrons. The molecule has 0 spiro atoms. The highest BCUT2D eigenvalue weighted by atomic mass is 32.2. The van der Waals surface area contributed by atoms with Crippen LogP contribution in [0.5, 0.6) is 0 Å². The Labute approximate surface area is 228 Å². The summed E-state index contributed by atoms with van der Waals surface area (Å²) in [7, 11) is 0. The van der Waals surface area contributed by atoms with Crippen LogP contribution < -0.4 is 10.2 Å². The Balaban J connectivity index is 1.60. The van der Waals surface area contributed by atoms with Crippen molar-refractivity contribution in [3.63, 3.8) is 0 Å². The predicted octanol–water partition coefficient (Wildman–Crippen LogP) is 6.08. The van der Waals surface area contributed by atoms with E-state index in [0.29, 0.717) is 38.5 Å². The van der Waals surface area contributed by atoms with E-state index in [1.54, 1.807) is 4.90 Å². The van der Waals surface area contributed by atoms with Crippen molar-refractivity contribution in [2.45, 2.75) is 53.4 Å². The number of hydrogen-bond acceptors (Lipinski definition) is 5. The molecule has 37 heavy (non-hydrogen) atoms. The highest BCUT2D eigenvalue weighted by Gasteiger charge is 2.42. The Morgan fingerprint density at radius 1 is 1.05 bits per heavy atom. The fraction of sp³-hybridized carbons (Fsp3) is 0.379. The monoisotopic (exact) mass is 535 g/mol. The number of benzene rings is 2. The lowest BCUT2D eigenvalue weighted by molar-refractivity contribution is -0.123. The van der Waals surface area contributed by atoms with Gasteiger partial charge in [0.2, 0.25) is 5.91 Å². The van der Waals surface area contributed by atoms with Gasteiger partial charge in [0.1, 0.15) is 10.9 Å². The van der Waals surface area contributed by atoms with Crippen molar-refractivity contribution in [2.24, 2.45) is 5.92 Å². The molecule has 3 amide bonds. The SMILES string of the molecule is CCCCC(CC)CN1C(=O)/C(=C2/C(=O)N(CC(=O)Nc3cc(C)ccc3C)c3ccccc32)SC1=S. The van der Waals surface area contributed by atoms with Crippen LogP contribution in [0.3, 0.4) is 0 Å². The average molecular weight is 536 g/mol. The number of carbonyl (C=O) groups is 3. The Kier molecular flexibility index (Phi) is 8.49. The second-order valence-electron chi connectivity index (χ2n) is 9.68. The third kappa shape index (κ3) is 5.65. The number of aryl methyl sites for hydroxylation is 2. The van der Waals surface area contributed by atoms with Crippen LogP contribution in [0.25, 0.3) is 5.57 Å². The van der Waals surface area contributed by atoms with Crippen molar-refractivity contribution >= 4 is 63.0 Å². The maximum absolute atomic E-state index is 13.7. The highest BCUT2D eigenvalue weighted by Crippen LogP contribution is 2.44. The van der Waals surface area contributed by atoms with Gasteiger partial charge in [0.25, 0.3) is 11.8 Å². The first-order chi connectivity index (χ1) is 17.7. The zero-order valence-electron chi connectivity index (χ0n) is 21.8. The molecule has 8 heteroatoms. The number of rotatable bonds is 9. The molecule has 1 N–H and O–H groups in total.